The SMILES string of the molecule is COc1ccc(COc2nc(Br)cs2)cc1. The number of halogens is 1. The summed E-state index contributed by atoms with van der Waals surface area (Å²) >= 11 is 4.75. The van der Waals surface area contributed by atoms with Gasteiger partial charge in [-0.25, -0.2) is 0 Å². The smallest absolute Gasteiger partial charge is 0.274 e. The van der Waals surface area contributed by atoms with Crippen LogP contribution in [0, 0.1) is 0 Å². The van der Waals surface area contributed by atoms with E-state index in [1.165, 1.54) is 11.3 Å². The van der Waals surface area contributed by atoms with Gasteiger partial charge in [0.25, 0.3) is 5.19 Å². The maximum absolute atomic E-state index is 5.52. The van der Waals surface area contributed by atoms with Gasteiger partial charge >= 0.3 is 0 Å². The molecule has 0 amide bonds. The lowest BCUT2D eigenvalue weighted by molar-refractivity contribution is 0.304. The van der Waals surface area contributed by atoms with Crippen molar-refractivity contribution in [3.63, 3.8) is 0 Å². The molecule has 0 atom stereocenters. The molecule has 0 spiro atoms. The normalized spacial score (nSPS) is 10.1. The fourth-order valence-corrected chi connectivity index (χ4v) is 2.26. The second kappa shape index (κ2) is 5.32. The van der Waals surface area contributed by atoms with E-state index in [1.807, 2.05) is 29.6 Å². The minimum Gasteiger partial charge on any atom is -0.497 e. The maximum atomic E-state index is 5.52. The molecule has 0 saturated carbocycles. The van der Waals surface area contributed by atoms with Gasteiger partial charge in [0.15, 0.2) is 0 Å². The number of benzene rings is 1. The summed E-state index contributed by atoms with van der Waals surface area (Å²) in [7, 11) is 1.65. The Balaban J connectivity index is 1.94. The first-order valence-corrected chi connectivity index (χ1v) is 6.32. The molecule has 1 aromatic heterocycles. The molecular formula is C11H10BrNO2S. The number of hydrogen-bond donors (Lipinski definition) is 0. The number of rotatable bonds is 4. The van der Waals surface area contributed by atoms with Crippen LogP contribution in [-0.2, 0) is 6.61 Å². The van der Waals surface area contributed by atoms with Crippen LogP contribution in [0.4, 0.5) is 0 Å². The highest BCUT2D eigenvalue weighted by Crippen LogP contribution is 2.22. The first-order chi connectivity index (χ1) is 7.78. The molecule has 0 aliphatic carbocycles. The maximum Gasteiger partial charge on any atom is 0.274 e. The van der Waals surface area contributed by atoms with Crippen molar-refractivity contribution in [1.29, 1.82) is 0 Å². The van der Waals surface area contributed by atoms with E-state index in [0.717, 1.165) is 15.9 Å². The molecule has 0 radical (unpaired) electrons. The minimum atomic E-state index is 0.518. The van der Waals surface area contributed by atoms with Crippen molar-refractivity contribution < 1.29 is 9.47 Å². The van der Waals surface area contributed by atoms with Crippen LogP contribution >= 0.6 is 27.3 Å². The highest BCUT2D eigenvalue weighted by molar-refractivity contribution is 9.10. The number of nitrogens with zero attached hydrogens (tertiary/aromatic N) is 1. The molecule has 2 rings (SSSR count). The van der Waals surface area contributed by atoms with Crippen LogP contribution in [0.15, 0.2) is 34.2 Å². The lowest BCUT2D eigenvalue weighted by Crippen LogP contribution is -1.94. The zero-order valence-corrected chi connectivity index (χ0v) is 11.0. The highest BCUT2D eigenvalue weighted by atomic mass is 79.9. The summed E-state index contributed by atoms with van der Waals surface area (Å²) in [6, 6.07) is 7.77. The topological polar surface area (TPSA) is 31.4 Å². The standard InChI is InChI=1S/C11H10BrNO2S/c1-14-9-4-2-8(3-5-9)6-15-11-13-10(12)7-16-11/h2-5,7H,6H2,1H3. The van der Waals surface area contributed by atoms with Gasteiger partial charge in [-0.15, -0.1) is 0 Å². The molecule has 0 aliphatic heterocycles. The summed E-state index contributed by atoms with van der Waals surface area (Å²) in [6.45, 7) is 0.518. The summed E-state index contributed by atoms with van der Waals surface area (Å²) in [5.41, 5.74) is 1.09. The minimum absolute atomic E-state index is 0.518. The summed E-state index contributed by atoms with van der Waals surface area (Å²) in [4.78, 5) is 4.15. The number of thiazole rings is 1. The van der Waals surface area contributed by atoms with Crippen molar-refractivity contribution in [3.8, 4) is 10.9 Å². The zero-order chi connectivity index (χ0) is 11.4. The van der Waals surface area contributed by atoms with Crippen LogP contribution in [0.3, 0.4) is 0 Å². The van der Waals surface area contributed by atoms with Crippen molar-refractivity contribution in [2.45, 2.75) is 6.61 Å². The Bertz CT molecular complexity index is 455. The Morgan fingerprint density at radius 2 is 2.06 bits per heavy atom. The Hall–Kier alpha value is -1.07. The third-order valence-corrected chi connectivity index (χ3v) is 3.44. The van der Waals surface area contributed by atoms with Crippen LogP contribution in [0.1, 0.15) is 5.56 Å². The van der Waals surface area contributed by atoms with Gasteiger partial charge in [-0.05, 0) is 33.6 Å². The number of ether oxygens (including phenoxy) is 2. The van der Waals surface area contributed by atoms with Crippen LogP contribution in [0.2, 0.25) is 0 Å². The second-order valence-corrected chi connectivity index (χ2v) is 4.71. The quantitative estimate of drug-likeness (QED) is 0.866. The van der Waals surface area contributed by atoms with E-state index < -0.39 is 0 Å². The average Bonchev–Trinajstić information content (AvgIpc) is 2.73. The molecule has 84 valence electrons. The Morgan fingerprint density at radius 3 is 2.62 bits per heavy atom. The van der Waals surface area contributed by atoms with E-state index in [1.54, 1.807) is 7.11 Å². The van der Waals surface area contributed by atoms with Gasteiger partial charge in [0.05, 0.1) is 7.11 Å². The van der Waals surface area contributed by atoms with Crippen molar-refractivity contribution in [1.82, 2.24) is 4.98 Å². The lowest BCUT2D eigenvalue weighted by atomic mass is 10.2. The van der Waals surface area contributed by atoms with E-state index >= 15 is 0 Å². The van der Waals surface area contributed by atoms with Gasteiger partial charge in [-0.3, -0.25) is 0 Å². The fraction of sp³-hybridized carbons (Fsp3) is 0.182. The van der Waals surface area contributed by atoms with Gasteiger partial charge in [-0.2, -0.15) is 4.98 Å². The highest BCUT2D eigenvalue weighted by Gasteiger charge is 2.01. The summed E-state index contributed by atoms with van der Waals surface area (Å²) in [6.07, 6.45) is 0. The molecule has 2 aromatic rings. The van der Waals surface area contributed by atoms with E-state index in [-0.39, 0.29) is 0 Å². The summed E-state index contributed by atoms with van der Waals surface area (Å²) in [5, 5.41) is 2.56. The van der Waals surface area contributed by atoms with Gasteiger partial charge in [-0.1, -0.05) is 23.5 Å². The summed E-state index contributed by atoms with van der Waals surface area (Å²) in [5.74, 6) is 0.848. The molecule has 1 heterocycles. The van der Waals surface area contributed by atoms with E-state index in [9.17, 15) is 0 Å². The molecule has 0 saturated heterocycles. The van der Waals surface area contributed by atoms with Gasteiger partial charge < -0.3 is 9.47 Å². The fourth-order valence-electron chi connectivity index (χ4n) is 1.17. The molecule has 0 N–H and O–H groups in total. The molecule has 5 heteroatoms. The van der Waals surface area contributed by atoms with Crippen molar-refractivity contribution in [2.24, 2.45) is 0 Å². The Kier molecular flexibility index (Phi) is 3.79. The summed E-state index contributed by atoms with van der Waals surface area (Å²) < 4.78 is 11.4. The van der Waals surface area contributed by atoms with Gasteiger partial charge in [0, 0.05) is 5.38 Å². The predicted octanol–water partition coefficient (Wildman–Crippen LogP) is 3.49. The van der Waals surface area contributed by atoms with E-state index in [0.29, 0.717) is 11.8 Å². The van der Waals surface area contributed by atoms with Crippen LogP contribution in [0.25, 0.3) is 0 Å². The van der Waals surface area contributed by atoms with E-state index in [4.69, 9.17) is 9.47 Å². The first-order valence-electron chi connectivity index (χ1n) is 4.64. The zero-order valence-electron chi connectivity index (χ0n) is 8.64. The second-order valence-electron chi connectivity index (χ2n) is 3.07. The van der Waals surface area contributed by atoms with E-state index in [2.05, 4.69) is 20.9 Å². The van der Waals surface area contributed by atoms with Crippen molar-refractivity contribution in [2.75, 3.05) is 7.11 Å². The monoisotopic (exact) mass is 299 g/mol. The Labute approximate surface area is 106 Å². The average molecular weight is 300 g/mol. The largest absolute Gasteiger partial charge is 0.497 e. The molecular weight excluding hydrogens is 290 g/mol. The van der Waals surface area contributed by atoms with Gasteiger partial charge in [0.1, 0.15) is 17.0 Å². The Morgan fingerprint density at radius 1 is 1.31 bits per heavy atom. The molecule has 16 heavy (non-hydrogen) atoms. The number of hydrogen-bond acceptors (Lipinski definition) is 4. The molecule has 0 fully saturated rings. The van der Waals surface area contributed by atoms with Crippen molar-refractivity contribution >= 4 is 27.3 Å². The molecule has 1 aromatic carbocycles. The van der Waals surface area contributed by atoms with Crippen LogP contribution < -0.4 is 9.47 Å². The molecule has 3 nitrogen and oxygen atoms in total. The predicted molar refractivity (Wildman–Crippen MR) is 67.1 cm³/mol. The number of methoxy groups -OCH3 is 1. The van der Waals surface area contributed by atoms with Gasteiger partial charge in [0.2, 0.25) is 0 Å². The molecule has 0 unspecified atom stereocenters. The molecule has 0 bridgehead atoms. The van der Waals surface area contributed by atoms with Crippen molar-refractivity contribution in [3.05, 3.63) is 39.8 Å². The lowest BCUT2D eigenvalue weighted by Gasteiger charge is -2.03. The van der Waals surface area contributed by atoms with Crippen LogP contribution in [0.5, 0.6) is 10.9 Å². The first kappa shape index (κ1) is 11.4. The third-order valence-electron chi connectivity index (χ3n) is 1.98. The van der Waals surface area contributed by atoms with Crippen LogP contribution in [-0.4, -0.2) is 12.1 Å². The number of aromatic nitrogens is 1. The molecule has 0 aliphatic rings. The third kappa shape index (κ3) is 2.96.